The third-order valence-electron chi connectivity index (χ3n) is 7.32. The maximum Gasteiger partial charge on any atom is 0.0587 e. The second-order valence-electron chi connectivity index (χ2n) is 9.69. The molecule has 186 valence electrons. The maximum atomic E-state index is 2.56. The van der Waals surface area contributed by atoms with Crippen LogP contribution in [0.25, 0.3) is 66.6 Å². The van der Waals surface area contributed by atoms with Gasteiger partial charge in [0, 0.05) is 32.6 Å². The van der Waals surface area contributed by atoms with Crippen LogP contribution in [0.1, 0.15) is 32.4 Å². The summed E-state index contributed by atoms with van der Waals surface area (Å²) in [6.07, 6.45) is 11.3. The van der Waals surface area contributed by atoms with Gasteiger partial charge in [-0.15, -0.1) is 45.3 Å². The molecule has 6 heteroatoms. The average Bonchev–Trinajstić information content (AvgIpc) is 3.74. The lowest BCUT2D eigenvalue weighted by Crippen LogP contribution is -2.05. The van der Waals surface area contributed by atoms with Crippen molar-refractivity contribution < 1.29 is 0 Å². The molecule has 2 aliphatic rings. The Morgan fingerprint density at radius 1 is 0.368 bits per heavy atom. The summed E-state index contributed by atoms with van der Waals surface area (Å²) < 4.78 is 5.12. The molecule has 10 bridgehead atoms. The summed E-state index contributed by atoms with van der Waals surface area (Å²) in [6, 6.07) is 27.5. The van der Waals surface area contributed by atoms with E-state index in [0.29, 0.717) is 0 Å². The van der Waals surface area contributed by atoms with Crippen molar-refractivity contribution in [3.05, 3.63) is 92.3 Å². The van der Waals surface area contributed by atoms with Crippen molar-refractivity contribution in [3.63, 3.8) is 0 Å². The number of hydrogen-bond donors (Lipinski definition) is 0. The van der Waals surface area contributed by atoms with Crippen LogP contribution in [-0.4, -0.2) is 9.13 Å². The molecule has 6 aromatic heterocycles. The van der Waals surface area contributed by atoms with Gasteiger partial charge in [-0.2, -0.15) is 0 Å². The summed E-state index contributed by atoms with van der Waals surface area (Å²) in [5.41, 5.74) is 5.31. The molecule has 0 aliphatic carbocycles. The Hall–Kier alpha value is -3.16. The van der Waals surface area contributed by atoms with Crippen LogP contribution >= 0.6 is 45.3 Å². The van der Waals surface area contributed by atoms with Gasteiger partial charge < -0.3 is 9.13 Å². The zero-order chi connectivity index (χ0) is 25.1. The van der Waals surface area contributed by atoms with Gasteiger partial charge in [0.15, 0.2) is 0 Å². The Morgan fingerprint density at radius 3 is 0.947 bits per heavy atom. The van der Waals surface area contributed by atoms with Crippen molar-refractivity contribution in [1.82, 2.24) is 9.13 Å². The topological polar surface area (TPSA) is 9.86 Å². The molecular formula is C32H24N2S4. The normalized spacial score (nSPS) is 15.9. The predicted molar refractivity (Wildman–Crippen MR) is 169 cm³/mol. The summed E-state index contributed by atoms with van der Waals surface area (Å²) in [7, 11) is 0. The molecule has 8 rings (SSSR count). The van der Waals surface area contributed by atoms with Crippen LogP contribution in [0.4, 0.5) is 0 Å². The quantitative estimate of drug-likeness (QED) is 0.173. The highest BCUT2D eigenvalue weighted by Gasteiger charge is 2.18. The molecule has 38 heavy (non-hydrogen) atoms. The van der Waals surface area contributed by atoms with E-state index in [1.807, 2.05) is 45.3 Å². The third-order valence-corrected chi connectivity index (χ3v) is 11.6. The van der Waals surface area contributed by atoms with E-state index in [0.717, 1.165) is 25.9 Å². The highest BCUT2D eigenvalue weighted by Crippen LogP contribution is 2.40. The molecule has 2 nitrogen and oxygen atoms in total. The first-order valence-corrected chi connectivity index (χ1v) is 16.2. The van der Waals surface area contributed by atoms with E-state index in [1.165, 1.54) is 61.8 Å². The fraction of sp³-hybridized carbons (Fsp3) is 0.125. The third kappa shape index (κ3) is 3.95. The molecular weight excluding hydrogens is 541 g/mol. The lowest BCUT2D eigenvalue weighted by Gasteiger charge is -2.15. The fourth-order valence-corrected chi connectivity index (χ4v) is 9.25. The zero-order valence-corrected chi connectivity index (χ0v) is 23.9. The van der Waals surface area contributed by atoms with Gasteiger partial charge in [-0.25, -0.2) is 0 Å². The Labute approximate surface area is 238 Å². The summed E-state index contributed by atoms with van der Waals surface area (Å²) in [6.45, 7) is 2.03. The number of nitrogens with zero attached hydrogens (tertiary/aromatic N) is 2. The lowest BCUT2D eigenvalue weighted by molar-refractivity contribution is 0.565. The maximum absolute atomic E-state index is 2.56. The lowest BCUT2D eigenvalue weighted by atomic mass is 10.2. The number of thiophene rings is 4. The van der Waals surface area contributed by atoms with Crippen molar-refractivity contribution >= 4 is 69.7 Å². The smallest absolute Gasteiger partial charge is 0.0587 e. The van der Waals surface area contributed by atoms with Gasteiger partial charge in [0.1, 0.15) is 0 Å². The number of rotatable bonds is 0. The SMILES string of the molecule is C1=C\c2ccc(s2)-c2ccc3n2CCCCn2c(ccc2-c2ccc(s2)/C=C/c2ccc-3s2)-c2ccc/1s2. The van der Waals surface area contributed by atoms with E-state index < -0.39 is 0 Å². The Kier molecular flexibility index (Phi) is 5.54. The van der Waals surface area contributed by atoms with E-state index in [-0.39, 0.29) is 0 Å². The van der Waals surface area contributed by atoms with Crippen LogP contribution in [-0.2, 0) is 13.1 Å². The minimum Gasteiger partial charge on any atom is -0.339 e. The van der Waals surface area contributed by atoms with Gasteiger partial charge >= 0.3 is 0 Å². The molecule has 6 aromatic rings. The van der Waals surface area contributed by atoms with Crippen molar-refractivity contribution in [2.45, 2.75) is 25.9 Å². The second kappa shape index (κ2) is 9.24. The molecule has 8 heterocycles. The van der Waals surface area contributed by atoms with Crippen LogP contribution in [0, 0.1) is 0 Å². The van der Waals surface area contributed by atoms with Crippen molar-refractivity contribution in [2.75, 3.05) is 0 Å². The number of hydrogen-bond acceptors (Lipinski definition) is 4. The van der Waals surface area contributed by atoms with Crippen LogP contribution < -0.4 is 0 Å². The summed E-state index contributed by atoms with van der Waals surface area (Å²) >= 11 is 7.53. The Balaban J connectivity index is 1.36. The van der Waals surface area contributed by atoms with E-state index in [2.05, 4.69) is 106 Å². The molecule has 0 saturated heterocycles. The predicted octanol–water partition coefficient (Wildman–Crippen LogP) is 10.7. The minimum atomic E-state index is 1.02. The number of fused-ring (bicyclic) bond motifs is 15. The summed E-state index contributed by atoms with van der Waals surface area (Å²) in [5.74, 6) is 0. The average molecular weight is 565 g/mol. The zero-order valence-electron chi connectivity index (χ0n) is 20.6. The standard InChI is InChI=1S/C32H24N2S4/c1-2-20-34-27-13-14-28(34)32-18-10-24(38-32)6-4-22-8-16-30(36-22)26-12-11-25(33(26)19-1)29-15-7-21(35-29)3-5-23-9-17-31(27)37-23/h3-18H,1-2,19-20H2/b5-3-,6-4+,21-3?,22-4?,23-5?,24-6?,29-25?,30-26?,31-27?,32-28?. The van der Waals surface area contributed by atoms with E-state index >= 15 is 0 Å². The first-order valence-electron chi connectivity index (χ1n) is 12.9. The molecule has 0 atom stereocenters. The highest BCUT2D eigenvalue weighted by atomic mass is 32.1. The molecule has 0 unspecified atom stereocenters. The molecule has 0 fully saturated rings. The van der Waals surface area contributed by atoms with Crippen molar-refractivity contribution in [3.8, 4) is 42.3 Å². The fourth-order valence-electron chi connectivity index (χ4n) is 5.47. The van der Waals surface area contributed by atoms with Crippen LogP contribution in [0.15, 0.2) is 72.8 Å². The van der Waals surface area contributed by atoms with Gasteiger partial charge in [0.25, 0.3) is 0 Å². The van der Waals surface area contributed by atoms with Gasteiger partial charge in [-0.3, -0.25) is 0 Å². The van der Waals surface area contributed by atoms with Gasteiger partial charge in [-0.1, -0.05) is 0 Å². The molecule has 0 N–H and O–H groups in total. The first kappa shape index (κ1) is 22.8. The molecule has 0 radical (unpaired) electrons. The molecule has 0 aromatic carbocycles. The van der Waals surface area contributed by atoms with Crippen LogP contribution in [0.5, 0.6) is 0 Å². The molecule has 0 spiro atoms. The monoisotopic (exact) mass is 564 g/mol. The van der Waals surface area contributed by atoms with E-state index in [9.17, 15) is 0 Å². The largest absolute Gasteiger partial charge is 0.339 e. The molecule has 0 amide bonds. The van der Waals surface area contributed by atoms with Crippen LogP contribution in [0.3, 0.4) is 0 Å². The molecule has 2 aliphatic heterocycles. The second-order valence-corrected chi connectivity index (χ2v) is 14.2. The number of aromatic nitrogens is 2. The minimum absolute atomic E-state index is 1.02. The Bertz CT molecular complexity index is 1580. The van der Waals surface area contributed by atoms with Gasteiger partial charge in [0.2, 0.25) is 0 Å². The summed E-state index contributed by atoms with van der Waals surface area (Å²) in [5, 5.41) is 0. The van der Waals surface area contributed by atoms with E-state index in [1.54, 1.807) is 0 Å². The van der Waals surface area contributed by atoms with Gasteiger partial charge in [-0.05, 0) is 110 Å². The summed E-state index contributed by atoms with van der Waals surface area (Å²) in [4.78, 5) is 10.5. The Morgan fingerprint density at radius 2 is 0.658 bits per heavy atom. The highest BCUT2D eigenvalue weighted by molar-refractivity contribution is 7.18. The van der Waals surface area contributed by atoms with E-state index in [4.69, 9.17) is 0 Å². The molecule has 0 saturated carbocycles. The van der Waals surface area contributed by atoms with Crippen molar-refractivity contribution in [1.29, 1.82) is 0 Å². The first-order chi connectivity index (χ1) is 18.8. The van der Waals surface area contributed by atoms with Crippen LogP contribution in [0.2, 0.25) is 0 Å². The van der Waals surface area contributed by atoms with Crippen molar-refractivity contribution in [2.24, 2.45) is 0 Å². The van der Waals surface area contributed by atoms with Gasteiger partial charge in [0.05, 0.1) is 42.3 Å².